The molecule has 1 aromatic heterocycles. The third kappa shape index (κ3) is 3.97. The van der Waals surface area contributed by atoms with Gasteiger partial charge in [0.1, 0.15) is 24.6 Å². The molecule has 0 aliphatic carbocycles. The summed E-state index contributed by atoms with van der Waals surface area (Å²) in [7, 11) is 0. The standard InChI is InChI=1S/C17H13ClFN3O2/c18-14-5-1-12(2-6-14)16(9-22-11-20-10-21-22)24-17(23)13-3-7-15(19)8-4-13/h1-8,10-11,16H,9H2. The predicted molar refractivity (Wildman–Crippen MR) is 86.0 cm³/mol. The Morgan fingerprint density at radius 1 is 1.17 bits per heavy atom. The molecule has 1 heterocycles. The Morgan fingerprint density at radius 3 is 2.50 bits per heavy atom. The van der Waals surface area contributed by atoms with Crippen LogP contribution in [0.3, 0.4) is 0 Å². The summed E-state index contributed by atoms with van der Waals surface area (Å²) in [5.41, 5.74) is 1.04. The monoisotopic (exact) mass is 345 g/mol. The normalized spacial score (nSPS) is 11.9. The third-order valence-corrected chi connectivity index (χ3v) is 3.64. The van der Waals surface area contributed by atoms with E-state index in [1.54, 1.807) is 28.9 Å². The van der Waals surface area contributed by atoms with Crippen LogP contribution in [0.15, 0.2) is 61.2 Å². The van der Waals surface area contributed by atoms with E-state index in [1.165, 1.54) is 36.9 Å². The molecule has 0 radical (unpaired) electrons. The van der Waals surface area contributed by atoms with E-state index < -0.39 is 17.9 Å². The fourth-order valence-corrected chi connectivity index (χ4v) is 2.29. The second-order valence-corrected chi connectivity index (χ2v) is 5.51. The Bertz CT molecular complexity index is 805. The Balaban J connectivity index is 1.82. The molecule has 3 rings (SSSR count). The smallest absolute Gasteiger partial charge is 0.338 e. The topological polar surface area (TPSA) is 57.0 Å². The van der Waals surface area contributed by atoms with Crippen LogP contribution in [0.5, 0.6) is 0 Å². The predicted octanol–water partition coefficient (Wildman–Crippen LogP) is 3.67. The molecule has 5 nitrogen and oxygen atoms in total. The van der Waals surface area contributed by atoms with Crippen LogP contribution in [0.2, 0.25) is 5.02 Å². The highest BCUT2D eigenvalue weighted by atomic mass is 35.5. The number of carbonyl (C=O) groups excluding carboxylic acids is 1. The van der Waals surface area contributed by atoms with Gasteiger partial charge in [-0.05, 0) is 42.0 Å². The second-order valence-electron chi connectivity index (χ2n) is 5.07. The van der Waals surface area contributed by atoms with Gasteiger partial charge in [0.2, 0.25) is 0 Å². The minimum atomic E-state index is -0.582. The van der Waals surface area contributed by atoms with E-state index in [1.807, 2.05) is 0 Å². The van der Waals surface area contributed by atoms with Crippen molar-refractivity contribution in [2.45, 2.75) is 12.6 Å². The fourth-order valence-electron chi connectivity index (χ4n) is 2.17. The van der Waals surface area contributed by atoms with Crippen LogP contribution in [-0.2, 0) is 11.3 Å². The third-order valence-electron chi connectivity index (χ3n) is 3.39. The van der Waals surface area contributed by atoms with Crippen molar-refractivity contribution < 1.29 is 13.9 Å². The maximum absolute atomic E-state index is 13.0. The quantitative estimate of drug-likeness (QED) is 0.662. The highest BCUT2D eigenvalue weighted by molar-refractivity contribution is 6.30. The van der Waals surface area contributed by atoms with Gasteiger partial charge in [-0.2, -0.15) is 5.10 Å². The van der Waals surface area contributed by atoms with E-state index in [2.05, 4.69) is 10.1 Å². The van der Waals surface area contributed by atoms with E-state index in [-0.39, 0.29) is 5.56 Å². The van der Waals surface area contributed by atoms with Crippen molar-refractivity contribution in [3.8, 4) is 0 Å². The Hall–Kier alpha value is -2.73. The number of aromatic nitrogens is 3. The molecule has 0 bridgehead atoms. The summed E-state index contributed by atoms with van der Waals surface area (Å²) in [6.07, 6.45) is 2.36. The first kappa shape index (κ1) is 16.1. The van der Waals surface area contributed by atoms with Crippen LogP contribution in [0.4, 0.5) is 4.39 Å². The molecule has 1 unspecified atom stereocenters. The lowest BCUT2D eigenvalue weighted by molar-refractivity contribution is 0.0246. The van der Waals surface area contributed by atoms with Crippen LogP contribution < -0.4 is 0 Å². The molecule has 0 N–H and O–H groups in total. The molecule has 0 spiro atoms. The molecule has 122 valence electrons. The first-order valence-electron chi connectivity index (χ1n) is 7.16. The number of esters is 1. The average Bonchev–Trinajstić information content (AvgIpc) is 3.08. The molecule has 3 aromatic rings. The number of hydrogen-bond donors (Lipinski definition) is 0. The molecular weight excluding hydrogens is 333 g/mol. The van der Waals surface area contributed by atoms with Gasteiger partial charge >= 0.3 is 5.97 Å². The van der Waals surface area contributed by atoms with Gasteiger partial charge in [-0.25, -0.2) is 18.9 Å². The lowest BCUT2D eigenvalue weighted by Crippen LogP contribution is -2.17. The molecule has 0 aliphatic rings. The van der Waals surface area contributed by atoms with E-state index in [0.717, 1.165) is 5.56 Å². The zero-order valence-electron chi connectivity index (χ0n) is 12.5. The molecule has 7 heteroatoms. The lowest BCUT2D eigenvalue weighted by atomic mass is 10.1. The average molecular weight is 346 g/mol. The maximum Gasteiger partial charge on any atom is 0.338 e. The maximum atomic E-state index is 13.0. The Kier molecular flexibility index (Phi) is 4.86. The zero-order chi connectivity index (χ0) is 16.9. The largest absolute Gasteiger partial charge is 0.452 e. The lowest BCUT2D eigenvalue weighted by Gasteiger charge is -2.18. The fraction of sp³-hybridized carbons (Fsp3) is 0.118. The number of ether oxygens (including phenoxy) is 1. The van der Waals surface area contributed by atoms with Gasteiger partial charge in [-0.3, -0.25) is 0 Å². The van der Waals surface area contributed by atoms with Gasteiger partial charge in [-0.1, -0.05) is 23.7 Å². The van der Waals surface area contributed by atoms with Crippen molar-refractivity contribution in [2.24, 2.45) is 0 Å². The van der Waals surface area contributed by atoms with Gasteiger partial charge in [0.05, 0.1) is 12.1 Å². The van der Waals surface area contributed by atoms with Gasteiger partial charge in [0.25, 0.3) is 0 Å². The van der Waals surface area contributed by atoms with Crippen LogP contribution in [-0.4, -0.2) is 20.7 Å². The number of rotatable bonds is 5. The summed E-state index contributed by atoms with van der Waals surface area (Å²) < 4.78 is 20.1. The van der Waals surface area contributed by atoms with Crippen LogP contribution in [0.25, 0.3) is 0 Å². The summed E-state index contributed by atoms with van der Waals surface area (Å²) in [5.74, 6) is -0.960. The van der Waals surface area contributed by atoms with Gasteiger partial charge in [0, 0.05) is 5.02 Å². The van der Waals surface area contributed by atoms with Crippen molar-refractivity contribution in [1.29, 1.82) is 0 Å². The Labute approximate surface area is 142 Å². The zero-order valence-corrected chi connectivity index (χ0v) is 13.2. The van der Waals surface area contributed by atoms with Gasteiger partial charge < -0.3 is 4.74 Å². The molecule has 2 aromatic carbocycles. The van der Waals surface area contributed by atoms with Crippen LogP contribution in [0, 0.1) is 5.82 Å². The molecule has 1 atom stereocenters. The number of benzene rings is 2. The summed E-state index contributed by atoms with van der Waals surface area (Å²) in [5, 5.41) is 4.62. The summed E-state index contributed by atoms with van der Waals surface area (Å²) in [4.78, 5) is 16.2. The summed E-state index contributed by atoms with van der Waals surface area (Å²) in [6, 6.07) is 12.2. The van der Waals surface area contributed by atoms with Gasteiger partial charge in [-0.15, -0.1) is 0 Å². The van der Waals surface area contributed by atoms with E-state index in [4.69, 9.17) is 16.3 Å². The molecule has 0 aliphatic heterocycles. The molecular formula is C17H13ClFN3O2. The van der Waals surface area contributed by atoms with Crippen LogP contribution >= 0.6 is 11.6 Å². The van der Waals surface area contributed by atoms with Crippen molar-refractivity contribution >= 4 is 17.6 Å². The molecule has 0 amide bonds. The van der Waals surface area contributed by atoms with E-state index >= 15 is 0 Å². The first-order valence-corrected chi connectivity index (χ1v) is 7.54. The summed E-state index contributed by atoms with van der Waals surface area (Å²) in [6.45, 7) is 0.300. The van der Waals surface area contributed by atoms with E-state index in [9.17, 15) is 9.18 Å². The molecule has 0 saturated carbocycles. The van der Waals surface area contributed by atoms with Crippen molar-refractivity contribution in [3.05, 3.63) is 83.2 Å². The minimum absolute atomic E-state index is 0.272. The number of hydrogen-bond acceptors (Lipinski definition) is 4. The number of halogens is 2. The SMILES string of the molecule is O=C(OC(Cn1cncn1)c1ccc(Cl)cc1)c1ccc(F)cc1. The van der Waals surface area contributed by atoms with Crippen LogP contribution in [0.1, 0.15) is 22.0 Å². The summed E-state index contributed by atoms with van der Waals surface area (Å²) >= 11 is 5.90. The highest BCUT2D eigenvalue weighted by Crippen LogP contribution is 2.23. The molecule has 24 heavy (non-hydrogen) atoms. The second kappa shape index (κ2) is 7.23. The highest BCUT2D eigenvalue weighted by Gasteiger charge is 2.19. The van der Waals surface area contributed by atoms with Crippen molar-refractivity contribution in [3.63, 3.8) is 0 Å². The minimum Gasteiger partial charge on any atom is -0.452 e. The van der Waals surface area contributed by atoms with E-state index in [0.29, 0.717) is 11.6 Å². The molecule has 0 saturated heterocycles. The number of carbonyl (C=O) groups is 1. The Morgan fingerprint density at radius 2 is 1.88 bits per heavy atom. The number of nitrogens with zero attached hydrogens (tertiary/aromatic N) is 3. The van der Waals surface area contributed by atoms with Crippen molar-refractivity contribution in [1.82, 2.24) is 14.8 Å². The molecule has 0 fully saturated rings. The van der Waals surface area contributed by atoms with Crippen molar-refractivity contribution in [2.75, 3.05) is 0 Å². The van der Waals surface area contributed by atoms with Gasteiger partial charge in [0.15, 0.2) is 0 Å². The first-order chi connectivity index (χ1) is 11.6.